The van der Waals surface area contributed by atoms with Crippen LogP contribution in [0.25, 0.3) is 0 Å². The van der Waals surface area contributed by atoms with Crippen molar-refractivity contribution in [1.82, 2.24) is 20.5 Å². The van der Waals surface area contributed by atoms with E-state index in [1.54, 1.807) is 14.2 Å². The summed E-state index contributed by atoms with van der Waals surface area (Å²) in [6.45, 7) is 9.95. The molecule has 2 N–H and O–H groups in total. The number of rotatable bonds is 5. The van der Waals surface area contributed by atoms with E-state index in [-0.39, 0.29) is 17.9 Å². The van der Waals surface area contributed by atoms with Crippen molar-refractivity contribution in [2.75, 3.05) is 27.2 Å². The Morgan fingerprint density at radius 1 is 1.46 bits per heavy atom. The number of aromatic nitrogens is 1. The van der Waals surface area contributed by atoms with Gasteiger partial charge in [-0.1, -0.05) is 13.8 Å². The summed E-state index contributed by atoms with van der Waals surface area (Å²) in [6.07, 6.45) is 2.75. The number of carbonyl (C=O) groups is 1. The van der Waals surface area contributed by atoms with Crippen LogP contribution in [0, 0.1) is 19.8 Å². The molecule has 1 aromatic heterocycles. The number of ether oxygens (including phenoxy) is 1. The van der Waals surface area contributed by atoms with Crippen molar-refractivity contribution in [1.29, 1.82) is 0 Å². The first-order valence-electron chi connectivity index (χ1n) is 9.12. The average molecular weight is 361 g/mol. The lowest BCUT2D eigenvalue weighted by Gasteiger charge is -2.20. The smallest absolute Gasteiger partial charge is 0.225 e. The maximum atomic E-state index is 12.1. The molecule has 26 heavy (non-hydrogen) atoms. The molecule has 7 heteroatoms. The van der Waals surface area contributed by atoms with Gasteiger partial charge in [0.25, 0.3) is 0 Å². The number of guanidine groups is 1. The van der Waals surface area contributed by atoms with Gasteiger partial charge in [-0.2, -0.15) is 0 Å². The van der Waals surface area contributed by atoms with Gasteiger partial charge in [0.05, 0.1) is 19.3 Å². The molecular formula is C19H31N5O2. The minimum Gasteiger partial charge on any atom is -0.496 e. The molecule has 0 aromatic carbocycles. The number of carbonyl (C=O) groups excluding carboxylic acids is 1. The molecule has 2 heterocycles. The number of hydrogen-bond acceptors (Lipinski definition) is 4. The molecule has 1 fully saturated rings. The fourth-order valence-corrected chi connectivity index (χ4v) is 3.25. The van der Waals surface area contributed by atoms with Crippen molar-refractivity contribution in [3.8, 4) is 5.75 Å². The Morgan fingerprint density at radius 3 is 2.81 bits per heavy atom. The minimum atomic E-state index is 0.0387. The predicted molar refractivity (Wildman–Crippen MR) is 103 cm³/mol. The summed E-state index contributed by atoms with van der Waals surface area (Å²) >= 11 is 0. The van der Waals surface area contributed by atoms with Gasteiger partial charge >= 0.3 is 0 Å². The lowest BCUT2D eigenvalue weighted by atomic mass is 10.1. The summed E-state index contributed by atoms with van der Waals surface area (Å²) in [6, 6.07) is 0.213. The number of pyridine rings is 1. The average Bonchev–Trinajstić information content (AvgIpc) is 3.08. The second-order valence-corrected chi connectivity index (χ2v) is 7.04. The van der Waals surface area contributed by atoms with Gasteiger partial charge in [0.1, 0.15) is 5.75 Å². The van der Waals surface area contributed by atoms with Crippen molar-refractivity contribution in [2.45, 2.75) is 46.7 Å². The summed E-state index contributed by atoms with van der Waals surface area (Å²) in [5.74, 6) is 1.84. The van der Waals surface area contributed by atoms with Gasteiger partial charge in [0.15, 0.2) is 5.96 Å². The molecule has 0 radical (unpaired) electrons. The lowest BCUT2D eigenvalue weighted by molar-refractivity contribution is -0.133. The van der Waals surface area contributed by atoms with Gasteiger partial charge in [-0.15, -0.1) is 0 Å². The lowest BCUT2D eigenvalue weighted by Crippen LogP contribution is -2.45. The quantitative estimate of drug-likeness (QED) is 0.616. The second-order valence-electron chi connectivity index (χ2n) is 7.04. The minimum absolute atomic E-state index is 0.0387. The van der Waals surface area contributed by atoms with E-state index < -0.39 is 0 Å². The van der Waals surface area contributed by atoms with E-state index in [1.165, 1.54) is 0 Å². The van der Waals surface area contributed by atoms with Gasteiger partial charge in [-0.05, 0) is 20.3 Å². The van der Waals surface area contributed by atoms with Gasteiger partial charge in [-0.25, -0.2) is 0 Å². The molecule has 1 aliphatic rings. The summed E-state index contributed by atoms with van der Waals surface area (Å²) in [4.78, 5) is 22.8. The molecule has 7 nitrogen and oxygen atoms in total. The number of nitrogens with one attached hydrogen (secondary N) is 2. The largest absolute Gasteiger partial charge is 0.496 e. The van der Waals surface area contributed by atoms with E-state index in [4.69, 9.17) is 4.74 Å². The Kier molecular flexibility index (Phi) is 6.83. The number of aryl methyl sites for hydroxylation is 1. The third-order valence-corrected chi connectivity index (χ3v) is 4.73. The number of methoxy groups -OCH3 is 1. The van der Waals surface area contributed by atoms with Crippen LogP contribution in [0.2, 0.25) is 0 Å². The van der Waals surface area contributed by atoms with E-state index in [1.807, 2.05) is 38.8 Å². The monoisotopic (exact) mass is 361 g/mol. The van der Waals surface area contributed by atoms with Crippen LogP contribution >= 0.6 is 0 Å². The van der Waals surface area contributed by atoms with Crippen LogP contribution in [0.4, 0.5) is 0 Å². The number of nitrogens with zero attached hydrogens (tertiary/aromatic N) is 3. The van der Waals surface area contributed by atoms with Gasteiger partial charge in [0, 0.05) is 49.4 Å². The van der Waals surface area contributed by atoms with Crippen molar-refractivity contribution in [3.05, 3.63) is 23.0 Å². The van der Waals surface area contributed by atoms with Crippen molar-refractivity contribution in [3.63, 3.8) is 0 Å². The Balaban J connectivity index is 1.92. The van der Waals surface area contributed by atoms with E-state index >= 15 is 0 Å². The molecular weight excluding hydrogens is 330 g/mol. The van der Waals surface area contributed by atoms with Crippen molar-refractivity contribution < 1.29 is 9.53 Å². The maximum absolute atomic E-state index is 12.1. The second kappa shape index (κ2) is 8.87. The van der Waals surface area contributed by atoms with Crippen LogP contribution in [0.5, 0.6) is 5.75 Å². The summed E-state index contributed by atoms with van der Waals surface area (Å²) in [5.41, 5.74) is 2.99. The molecule has 1 amide bonds. The van der Waals surface area contributed by atoms with Gasteiger partial charge in [0.2, 0.25) is 5.91 Å². The molecule has 0 spiro atoms. The van der Waals surface area contributed by atoms with Crippen LogP contribution in [0.3, 0.4) is 0 Å². The number of amides is 1. The first-order chi connectivity index (χ1) is 12.4. The number of likely N-dealkylation sites (tertiary alicyclic amines) is 1. The molecule has 1 aliphatic heterocycles. The van der Waals surface area contributed by atoms with E-state index in [9.17, 15) is 4.79 Å². The van der Waals surface area contributed by atoms with Crippen LogP contribution in [0.1, 0.15) is 37.1 Å². The fourth-order valence-electron chi connectivity index (χ4n) is 3.25. The zero-order valence-electron chi connectivity index (χ0n) is 16.7. The predicted octanol–water partition coefficient (Wildman–Crippen LogP) is 1.63. The highest BCUT2D eigenvalue weighted by Gasteiger charge is 2.28. The van der Waals surface area contributed by atoms with E-state index in [0.29, 0.717) is 13.1 Å². The molecule has 0 saturated carbocycles. The standard InChI is InChI=1S/C19H31N5O2/c1-12(2)18(25)24-8-7-15(11-24)23-19(20-5)22-10-16-14(4)17(26-6)13(3)9-21-16/h9,12,15H,7-8,10-11H2,1-6H3,(H2,20,22,23). The van der Waals surface area contributed by atoms with Crippen LogP contribution in [-0.2, 0) is 11.3 Å². The van der Waals surface area contributed by atoms with Crippen LogP contribution in [0.15, 0.2) is 11.2 Å². The van der Waals surface area contributed by atoms with Gasteiger partial charge < -0.3 is 20.3 Å². The normalized spacial score (nSPS) is 17.6. The van der Waals surface area contributed by atoms with Crippen LogP contribution in [-0.4, -0.2) is 55.0 Å². The van der Waals surface area contributed by atoms with E-state index in [0.717, 1.165) is 41.5 Å². The molecule has 0 aliphatic carbocycles. The molecule has 1 aromatic rings. The van der Waals surface area contributed by atoms with Gasteiger partial charge in [-0.3, -0.25) is 14.8 Å². The summed E-state index contributed by atoms with van der Waals surface area (Å²) < 4.78 is 5.46. The van der Waals surface area contributed by atoms with Crippen molar-refractivity contribution in [2.24, 2.45) is 10.9 Å². The molecule has 144 valence electrons. The number of hydrogen-bond donors (Lipinski definition) is 2. The molecule has 1 atom stereocenters. The Morgan fingerprint density at radius 2 is 2.19 bits per heavy atom. The SMILES string of the molecule is CN=C(NCc1ncc(C)c(OC)c1C)NC1CCN(C(=O)C(C)C)C1. The third kappa shape index (κ3) is 4.65. The zero-order chi connectivity index (χ0) is 19.3. The molecule has 1 saturated heterocycles. The highest BCUT2D eigenvalue weighted by atomic mass is 16.5. The zero-order valence-corrected chi connectivity index (χ0v) is 16.7. The highest BCUT2D eigenvalue weighted by molar-refractivity contribution is 5.81. The fraction of sp³-hybridized carbons (Fsp3) is 0.632. The van der Waals surface area contributed by atoms with E-state index in [2.05, 4.69) is 20.6 Å². The summed E-state index contributed by atoms with van der Waals surface area (Å²) in [5, 5.41) is 6.71. The topological polar surface area (TPSA) is 78.9 Å². The first-order valence-corrected chi connectivity index (χ1v) is 9.12. The molecule has 2 rings (SSSR count). The Labute approximate surface area is 156 Å². The summed E-state index contributed by atoms with van der Waals surface area (Å²) in [7, 11) is 3.43. The molecule has 0 bridgehead atoms. The number of aliphatic imine (C=N–C) groups is 1. The third-order valence-electron chi connectivity index (χ3n) is 4.73. The van der Waals surface area contributed by atoms with Crippen molar-refractivity contribution >= 4 is 11.9 Å². The molecule has 1 unspecified atom stereocenters. The Bertz CT molecular complexity index is 672. The maximum Gasteiger partial charge on any atom is 0.225 e. The highest BCUT2D eigenvalue weighted by Crippen LogP contribution is 2.23. The first kappa shape index (κ1) is 20.0. The van der Waals surface area contributed by atoms with Crippen LogP contribution < -0.4 is 15.4 Å². The Hall–Kier alpha value is -2.31.